The van der Waals surface area contributed by atoms with Crippen molar-refractivity contribution >= 4 is 11.9 Å². The minimum Gasteiger partial charge on any atom is -0.465 e. The molecule has 0 fully saturated rings. The summed E-state index contributed by atoms with van der Waals surface area (Å²) in [6, 6.07) is 6.56. The fourth-order valence-corrected chi connectivity index (χ4v) is 1.74. The summed E-state index contributed by atoms with van der Waals surface area (Å²) < 4.78 is 15.0. The van der Waals surface area contributed by atoms with Crippen molar-refractivity contribution in [3.05, 3.63) is 70.5 Å². The highest BCUT2D eigenvalue weighted by Crippen LogP contribution is 2.19. The van der Waals surface area contributed by atoms with Crippen molar-refractivity contribution in [1.29, 1.82) is 0 Å². The second-order valence-electron chi connectivity index (χ2n) is 4.65. The Kier molecular flexibility index (Phi) is 8.35. The van der Waals surface area contributed by atoms with E-state index in [0.717, 1.165) is 0 Å². The average molecular weight is 345 g/mol. The third-order valence-corrected chi connectivity index (χ3v) is 2.86. The lowest BCUT2D eigenvalue weighted by molar-refractivity contribution is -0.138. The maximum absolute atomic E-state index is 11.8. The molecule has 0 spiro atoms. The molecule has 0 aliphatic heterocycles. The first-order chi connectivity index (χ1) is 12.0. The number of methoxy groups -OCH3 is 1. The number of hydrogen-bond donors (Lipinski definition) is 0. The summed E-state index contributed by atoms with van der Waals surface area (Å²) in [5.41, 5.74) is 0.537. The molecule has 0 N–H and O–H groups in total. The molecule has 0 bridgehead atoms. The minimum absolute atomic E-state index is 0.129. The zero-order chi connectivity index (χ0) is 18.7. The number of benzene rings is 1. The van der Waals surface area contributed by atoms with Crippen molar-refractivity contribution in [2.45, 2.75) is 13.8 Å². The van der Waals surface area contributed by atoms with E-state index in [9.17, 15) is 14.5 Å². The van der Waals surface area contributed by atoms with Crippen LogP contribution in [-0.2, 0) is 14.3 Å². The monoisotopic (exact) mass is 345 g/mol. The van der Waals surface area contributed by atoms with Crippen LogP contribution >= 0.6 is 0 Å². The lowest BCUT2D eigenvalue weighted by Gasteiger charge is -2.05. The number of hydrogen-bond acceptors (Lipinski definition) is 7. The predicted molar refractivity (Wildman–Crippen MR) is 91.8 cm³/mol. The molecule has 0 saturated heterocycles. The molecule has 0 atom stereocenters. The first-order valence-electron chi connectivity index (χ1n) is 7.43. The Bertz CT molecular complexity index is 718. The molecule has 0 aromatic heterocycles. The lowest BCUT2D eigenvalue weighted by atomic mass is 10.2. The molecule has 132 valence electrons. The summed E-state index contributed by atoms with van der Waals surface area (Å²) in [6.07, 6.45) is 5.44. The van der Waals surface area contributed by atoms with Crippen LogP contribution in [0.3, 0.4) is 0 Å². The summed E-state index contributed by atoms with van der Waals surface area (Å²) in [5, 5.41) is 2.74. The van der Waals surface area contributed by atoms with Gasteiger partial charge in [-0.05, 0) is 49.4 Å². The Morgan fingerprint density at radius 1 is 1.24 bits per heavy atom. The van der Waals surface area contributed by atoms with E-state index in [-0.39, 0.29) is 23.4 Å². The number of nitroso groups, excluding NO2 is 1. The second kappa shape index (κ2) is 10.5. The number of carbonyl (C=O) groups is 2. The van der Waals surface area contributed by atoms with E-state index in [1.807, 2.05) is 0 Å². The Morgan fingerprint density at radius 3 is 2.60 bits per heavy atom. The van der Waals surface area contributed by atoms with E-state index in [0.29, 0.717) is 5.75 Å². The molecule has 7 nitrogen and oxygen atoms in total. The van der Waals surface area contributed by atoms with Crippen LogP contribution in [0, 0.1) is 4.91 Å². The quantitative estimate of drug-likeness (QED) is 0.235. The zero-order valence-electron chi connectivity index (χ0n) is 14.2. The van der Waals surface area contributed by atoms with Crippen LogP contribution in [-0.4, -0.2) is 25.7 Å². The molecular formula is C18H19NO6. The standard InChI is InChI=1S/C18H19NO6/c1-4-24-17(20)14(12-13(2)19-22)8-7-11-25-16-10-6-5-9-15(16)18(21)23-3/h5-12H,4H2,1-3H3/b11-7+,13-12+,14-8+. The number of allylic oxidation sites excluding steroid dienone is 3. The summed E-state index contributed by atoms with van der Waals surface area (Å²) in [6.45, 7) is 3.34. The first-order valence-corrected chi connectivity index (χ1v) is 7.43. The molecule has 25 heavy (non-hydrogen) atoms. The summed E-state index contributed by atoms with van der Waals surface area (Å²) >= 11 is 0. The van der Waals surface area contributed by atoms with Gasteiger partial charge in [0, 0.05) is 0 Å². The van der Waals surface area contributed by atoms with Gasteiger partial charge in [0.2, 0.25) is 0 Å². The van der Waals surface area contributed by atoms with Gasteiger partial charge in [0.15, 0.2) is 0 Å². The van der Waals surface area contributed by atoms with Gasteiger partial charge >= 0.3 is 11.9 Å². The van der Waals surface area contributed by atoms with Crippen molar-refractivity contribution in [2.75, 3.05) is 13.7 Å². The van der Waals surface area contributed by atoms with Crippen LogP contribution in [0.25, 0.3) is 0 Å². The van der Waals surface area contributed by atoms with Crippen molar-refractivity contribution in [3.63, 3.8) is 0 Å². The van der Waals surface area contributed by atoms with Gasteiger partial charge in [-0.1, -0.05) is 12.1 Å². The molecule has 0 radical (unpaired) electrons. The number of rotatable bonds is 8. The number of carbonyl (C=O) groups excluding carboxylic acids is 2. The van der Waals surface area contributed by atoms with Crippen LogP contribution in [0.2, 0.25) is 0 Å². The summed E-state index contributed by atoms with van der Waals surface area (Å²) in [4.78, 5) is 34.0. The molecule has 0 aliphatic carbocycles. The molecule has 1 aromatic rings. The number of ether oxygens (including phenoxy) is 3. The van der Waals surface area contributed by atoms with Gasteiger partial charge in [-0.2, -0.15) is 0 Å². The van der Waals surface area contributed by atoms with Gasteiger partial charge < -0.3 is 14.2 Å². The van der Waals surface area contributed by atoms with E-state index < -0.39 is 11.9 Å². The van der Waals surface area contributed by atoms with Gasteiger partial charge in [-0.25, -0.2) is 9.59 Å². The van der Waals surface area contributed by atoms with E-state index in [4.69, 9.17) is 9.47 Å². The molecule has 7 heteroatoms. The maximum Gasteiger partial charge on any atom is 0.341 e. The third kappa shape index (κ3) is 6.42. The molecule has 0 saturated carbocycles. The molecule has 0 unspecified atom stereocenters. The molecule has 0 amide bonds. The largest absolute Gasteiger partial charge is 0.465 e. The SMILES string of the molecule is CCOC(=O)C(/C=C(\C)N=O)=C/C=C/Oc1ccccc1C(=O)OC. The molecule has 1 aromatic carbocycles. The molecule has 0 heterocycles. The van der Waals surface area contributed by atoms with Crippen molar-refractivity contribution < 1.29 is 23.8 Å². The second-order valence-corrected chi connectivity index (χ2v) is 4.65. The Labute approximate surface area is 145 Å². The number of esters is 2. The highest BCUT2D eigenvalue weighted by molar-refractivity contribution is 5.92. The zero-order valence-corrected chi connectivity index (χ0v) is 14.2. The van der Waals surface area contributed by atoms with E-state index in [2.05, 4.69) is 9.91 Å². The molecular weight excluding hydrogens is 326 g/mol. The maximum atomic E-state index is 11.8. The highest BCUT2D eigenvalue weighted by Gasteiger charge is 2.11. The van der Waals surface area contributed by atoms with Gasteiger partial charge in [0.1, 0.15) is 11.3 Å². The predicted octanol–water partition coefficient (Wildman–Crippen LogP) is 3.53. The summed E-state index contributed by atoms with van der Waals surface area (Å²) in [7, 11) is 1.28. The van der Waals surface area contributed by atoms with Crippen LogP contribution in [0.15, 0.2) is 65.2 Å². The number of nitrogens with zero attached hydrogens (tertiary/aromatic N) is 1. The Morgan fingerprint density at radius 2 is 1.96 bits per heavy atom. The fourth-order valence-electron chi connectivity index (χ4n) is 1.74. The number of para-hydroxylation sites is 1. The Hall–Kier alpha value is -3.22. The van der Waals surface area contributed by atoms with E-state index in [1.165, 1.54) is 38.5 Å². The normalized spacial score (nSPS) is 12.0. The average Bonchev–Trinajstić information content (AvgIpc) is 2.63. The topological polar surface area (TPSA) is 91.3 Å². The van der Waals surface area contributed by atoms with Crippen LogP contribution < -0.4 is 4.74 Å². The Balaban J connectivity index is 2.95. The van der Waals surface area contributed by atoms with Crippen molar-refractivity contribution in [2.24, 2.45) is 5.18 Å². The minimum atomic E-state index is -0.592. The van der Waals surface area contributed by atoms with E-state index >= 15 is 0 Å². The van der Waals surface area contributed by atoms with Gasteiger partial charge in [-0.15, -0.1) is 4.91 Å². The molecule has 0 aliphatic rings. The lowest BCUT2D eigenvalue weighted by Crippen LogP contribution is -2.06. The smallest absolute Gasteiger partial charge is 0.341 e. The molecule has 1 rings (SSSR count). The van der Waals surface area contributed by atoms with Gasteiger partial charge in [0.05, 0.1) is 31.2 Å². The van der Waals surface area contributed by atoms with Crippen LogP contribution in [0.1, 0.15) is 24.2 Å². The van der Waals surface area contributed by atoms with Crippen molar-refractivity contribution in [3.8, 4) is 5.75 Å². The van der Waals surface area contributed by atoms with Gasteiger partial charge in [-0.3, -0.25) is 0 Å². The van der Waals surface area contributed by atoms with Gasteiger partial charge in [0.25, 0.3) is 0 Å². The fraction of sp³-hybridized carbons (Fsp3) is 0.222. The van der Waals surface area contributed by atoms with Crippen LogP contribution in [0.4, 0.5) is 0 Å². The first kappa shape index (κ1) is 19.8. The highest BCUT2D eigenvalue weighted by atomic mass is 16.5. The van der Waals surface area contributed by atoms with E-state index in [1.54, 1.807) is 31.2 Å². The summed E-state index contributed by atoms with van der Waals surface area (Å²) in [5.74, 6) is -0.814. The third-order valence-electron chi connectivity index (χ3n) is 2.86. The van der Waals surface area contributed by atoms with Crippen LogP contribution in [0.5, 0.6) is 5.75 Å². The van der Waals surface area contributed by atoms with Crippen molar-refractivity contribution in [1.82, 2.24) is 0 Å².